The normalized spacial score (nSPS) is 20.7. The first-order chi connectivity index (χ1) is 12.1. The first-order valence-electron chi connectivity index (χ1n) is 8.84. The van der Waals surface area contributed by atoms with Gasteiger partial charge in [-0.3, -0.25) is 0 Å². The van der Waals surface area contributed by atoms with Crippen molar-refractivity contribution in [2.75, 3.05) is 11.1 Å². The highest BCUT2D eigenvalue weighted by Crippen LogP contribution is 2.40. The highest BCUT2D eigenvalue weighted by molar-refractivity contribution is 5.76. The molecule has 0 bridgehead atoms. The van der Waals surface area contributed by atoms with Crippen molar-refractivity contribution in [3.63, 3.8) is 0 Å². The number of aromatic nitrogens is 3. The summed E-state index contributed by atoms with van der Waals surface area (Å²) in [6.07, 6.45) is 7.67. The number of nitrogens with two attached hydrogens (primary N) is 2. The molecule has 1 fully saturated rings. The second-order valence-corrected chi connectivity index (χ2v) is 6.97. The third-order valence-electron chi connectivity index (χ3n) is 5.11. The van der Waals surface area contributed by atoms with E-state index in [1.807, 2.05) is 6.20 Å². The molecule has 1 aliphatic carbocycles. The molecule has 1 saturated carbocycles. The zero-order valence-corrected chi connectivity index (χ0v) is 14.4. The summed E-state index contributed by atoms with van der Waals surface area (Å²) in [5.41, 5.74) is 17.3. The van der Waals surface area contributed by atoms with E-state index in [4.69, 9.17) is 16.6 Å². The molecule has 0 atom stereocenters. The molecule has 130 valence electrons. The largest absolute Gasteiger partial charge is 0.395 e. The van der Waals surface area contributed by atoms with Crippen molar-refractivity contribution in [1.29, 1.82) is 0 Å². The van der Waals surface area contributed by atoms with Crippen LogP contribution >= 0.6 is 0 Å². The van der Waals surface area contributed by atoms with Crippen LogP contribution in [0.1, 0.15) is 42.7 Å². The summed E-state index contributed by atoms with van der Waals surface area (Å²) in [6.45, 7) is 2.08. The SMILES string of the molecule is Cc1ccc(Nc2nn3ccnc3c(N)c2[C@H]2CC[C@H](N)CC2)cc1. The average molecular weight is 336 g/mol. The summed E-state index contributed by atoms with van der Waals surface area (Å²) in [5, 5.41) is 8.20. The number of nitrogens with zero attached hydrogens (tertiary/aromatic N) is 3. The van der Waals surface area contributed by atoms with Gasteiger partial charge in [0.2, 0.25) is 0 Å². The lowest BCUT2D eigenvalue weighted by molar-refractivity contribution is 0.396. The Balaban J connectivity index is 1.77. The summed E-state index contributed by atoms with van der Waals surface area (Å²) < 4.78 is 1.74. The predicted octanol–water partition coefficient (Wildman–Crippen LogP) is 3.35. The number of anilines is 3. The molecule has 0 spiro atoms. The number of imidazole rings is 1. The summed E-state index contributed by atoms with van der Waals surface area (Å²) >= 11 is 0. The van der Waals surface area contributed by atoms with Crippen molar-refractivity contribution in [3.8, 4) is 0 Å². The lowest BCUT2D eigenvalue weighted by atomic mass is 9.81. The molecule has 25 heavy (non-hydrogen) atoms. The fourth-order valence-electron chi connectivity index (χ4n) is 3.67. The lowest BCUT2D eigenvalue weighted by Crippen LogP contribution is -2.26. The van der Waals surface area contributed by atoms with Crippen molar-refractivity contribution in [2.45, 2.75) is 44.6 Å². The van der Waals surface area contributed by atoms with Crippen molar-refractivity contribution in [1.82, 2.24) is 14.6 Å². The highest BCUT2D eigenvalue weighted by atomic mass is 15.3. The van der Waals surface area contributed by atoms with Crippen LogP contribution in [-0.2, 0) is 0 Å². The van der Waals surface area contributed by atoms with Crippen molar-refractivity contribution < 1.29 is 0 Å². The lowest BCUT2D eigenvalue weighted by Gasteiger charge is -2.28. The second kappa shape index (κ2) is 6.37. The van der Waals surface area contributed by atoms with Crippen LogP contribution in [0.25, 0.3) is 5.65 Å². The maximum atomic E-state index is 6.51. The van der Waals surface area contributed by atoms with Crippen molar-refractivity contribution in [3.05, 3.63) is 47.8 Å². The first kappa shape index (κ1) is 15.9. The van der Waals surface area contributed by atoms with E-state index >= 15 is 0 Å². The van der Waals surface area contributed by atoms with E-state index in [1.165, 1.54) is 5.56 Å². The number of aryl methyl sites for hydroxylation is 1. The molecule has 1 aliphatic rings. The number of hydrogen-bond acceptors (Lipinski definition) is 5. The van der Waals surface area contributed by atoms with Crippen LogP contribution in [-0.4, -0.2) is 20.6 Å². The van der Waals surface area contributed by atoms with Crippen LogP contribution in [0, 0.1) is 6.92 Å². The molecule has 2 heterocycles. The van der Waals surface area contributed by atoms with E-state index in [-0.39, 0.29) is 0 Å². The second-order valence-electron chi connectivity index (χ2n) is 6.97. The van der Waals surface area contributed by atoms with Crippen LogP contribution in [0.5, 0.6) is 0 Å². The first-order valence-corrected chi connectivity index (χ1v) is 8.84. The van der Waals surface area contributed by atoms with Gasteiger partial charge in [-0.2, -0.15) is 0 Å². The molecule has 3 aromatic rings. The summed E-state index contributed by atoms with van der Waals surface area (Å²) in [6, 6.07) is 8.59. The minimum Gasteiger partial charge on any atom is -0.395 e. The minimum atomic E-state index is 0.300. The van der Waals surface area contributed by atoms with Gasteiger partial charge < -0.3 is 16.8 Å². The van der Waals surface area contributed by atoms with Gasteiger partial charge in [-0.05, 0) is 50.7 Å². The van der Waals surface area contributed by atoms with Crippen LogP contribution < -0.4 is 16.8 Å². The summed E-state index contributed by atoms with van der Waals surface area (Å²) in [5.74, 6) is 1.18. The molecule has 4 rings (SSSR count). The number of hydrogen-bond donors (Lipinski definition) is 3. The maximum Gasteiger partial charge on any atom is 0.177 e. The van der Waals surface area contributed by atoms with Gasteiger partial charge in [-0.15, -0.1) is 5.10 Å². The van der Waals surface area contributed by atoms with E-state index in [2.05, 4.69) is 41.5 Å². The Bertz CT molecular complexity index is 875. The quantitative estimate of drug-likeness (QED) is 0.682. The smallest absolute Gasteiger partial charge is 0.177 e. The number of nitrogens with one attached hydrogen (secondary N) is 1. The number of rotatable bonds is 3. The third-order valence-corrected chi connectivity index (χ3v) is 5.11. The Labute approximate surface area is 147 Å². The van der Waals surface area contributed by atoms with E-state index in [0.29, 0.717) is 12.0 Å². The van der Waals surface area contributed by atoms with Gasteiger partial charge in [0.15, 0.2) is 11.5 Å². The fourth-order valence-corrected chi connectivity index (χ4v) is 3.67. The minimum absolute atomic E-state index is 0.300. The Morgan fingerprint density at radius 2 is 1.84 bits per heavy atom. The Morgan fingerprint density at radius 3 is 2.56 bits per heavy atom. The van der Waals surface area contributed by atoms with E-state index < -0.39 is 0 Å². The predicted molar refractivity (Wildman–Crippen MR) is 101 cm³/mol. The number of fused-ring (bicyclic) bond motifs is 1. The van der Waals surface area contributed by atoms with Gasteiger partial charge >= 0.3 is 0 Å². The van der Waals surface area contributed by atoms with Gasteiger partial charge in [0.25, 0.3) is 0 Å². The molecule has 2 aromatic heterocycles. The maximum absolute atomic E-state index is 6.51. The monoisotopic (exact) mass is 336 g/mol. The van der Waals surface area contributed by atoms with Gasteiger partial charge in [-0.1, -0.05) is 17.7 Å². The van der Waals surface area contributed by atoms with Crippen LogP contribution in [0.4, 0.5) is 17.2 Å². The molecular formula is C19H24N6. The van der Waals surface area contributed by atoms with E-state index in [1.54, 1.807) is 10.7 Å². The molecule has 1 aromatic carbocycles. The topological polar surface area (TPSA) is 94.3 Å². The standard InChI is InChI=1S/C19H24N6/c1-12-2-8-15(9-3-12)23-18-16(13-4-6-14(20)7-5-13)17(21)19-22-10-11-25(19)24-18/h2-3,8-11,13-14H,4-7,20-21H2,1H3,(H,23,24)/t13-,14-. The molecule has 0 aliphatic heterocycles. The Morgan fingerprint density at radius 1 is 1.12 bits per heavy atom. The Hall–Kier alpha value is -2.60. The average Bonchev–Trinajstić information content (AvgIpc) is 3.07. The molecule has 6 nitrogen and oxygen atoms in total. The zero-order chi connectivity index (χ0) is 17.4. The van der Waals surface area contributed by atoms with E-state index in [0.717, 1.165) is 54.1 Å². The molecule has 0 radical (unpaired) electrons. The third kappa shape index (κ3) is 3.05. The van der Waals surface area contributed by atoms with Crippen molar-refractivity contribution in [2.24, 2.45) is 5.73 Å². The van der Waals surface area contributed by atoms with Gasteiger partial charge in [0.1, 0.15) is 0 Å². The van der Waals surface area contributed by atoms with Gasteiger partial charge in [0.05, 0.1) is 5.69 Å². The van der Waals surface area contributed by atoms with Crippen molar-refractivity contribution >= 4 is 22.8 Å². The molecule has 0 unspecified atom stereocenters. The van der Waals surface area contributed by atoms with Crippen LogP contribution in [0.3, 0.4) is 0 Å². The number of nitrogen functional groups attached to an aromatic ring is 1. The van der Waals surface area contributed by atoms with Gasteiger partial charge in [0, 0.05) is 29.7 Å². The number of benzene rings is 1. The molecule has 6 heteroatoms. The fraction of sp³-hybridized carbons (Fsp3) is 0.368. The van der Waals surface area contributed by atoms with Crippen LogP contribution in [0.2, 0.25) is 0 Å². The van der Waals surface area contributed by atoms with Crippen LogP contribution in [0.15, 0.2) is 36.7 Å². The Kier molecular flexibility index (Phi) is 4.05. The zero-order valence-electron chi connectivity index (χ0n) is 14.4. The molecule has 0 saturated heterocycles. The molecule has 5 N–H and O–H groups in total. The molecular weight excluding hydrogens is 312 g/mol. The highest BCUT2D eigenvalue weighted by Gasteiger charge is 2.26. The summed E-state index contributed by atoms with van der Waals surface area (Å²) in [7, 11) is 0. The van der Waals surface area contributed by atoms with E-state index in [9.17, 15) is 0 Å². The molecule has 0 amide bonds. The summed E-state index contributed by atoms with van der Waals surface area (Å²) in [4.78, 5) is 4.37. The van der Waals surface area contributed by atoms with Gasteiger partial charge in [-0.25, -0.2) is 9.50 Å².